The fourth-order valence-electron chi connectivity index (χ4n) is 4.53. The van der Waals surface area contributed by atoms with Crippen molar-refractivity contribution in [2.45, 2.75) is 36.8 Å². The molecule has 33 heavy (non-hydrogen) atoms. The number of fused-ring (bicyclic) bond motifs is 3. The average molecular weight is 453 g/mol. The maximum Gasteiger partial charge on any atom is 0.407 e. The molecule has 2 aromatic rings. The molecule has 0 spiro atoms. The minimum Gasteiger partial charge on any atom is -0.479 e. The predicted molar refractivity (Wildman–Crippen MR) is 121 cm³/mol. The minimum absolute atomic E-state index is 0.0316. The maximum atomic E-state index is 12.7. The van der Waals surface area contributed by atoms with Crippen LogP contribution in [0.3, 0.4) is 0 Å². The summed E-state index contributed by atoms with van der Waals surface area (Å²) in [5.74, 6) is -1.45. The summed E-state index contributed by atoms with van der Waals surface area (Å²) < 4.78 is 10.8. The van der Waals surface area contributed by atoms with E-state index in [1.807, 2.05) is 24.3 Å². The molecule has 1 saturated carbocycles. The Morgan fingerprint density at radius 2 is 1.67 bits per heavy atom. The Hall–Kier alpha value is -3.39. The fraction of sp³-hybridized carbons (Fsp3) is 0.400. The summed E-state index contributed by atoms with van der Waals surface area (Å²) in [6, 6.07) is 16.2. The van der Waals surface area contributed by atoms with E-state index in [0.29, 0.717) is 12.8 Å². The van der Waals surface area contributed by atoms with E-state index in [2.05, 4.69) is 29.6 Å². The van der Waals surface area contributed by atoms with Crippen LogP contribution < -0.4 is 5.32 Å². The molecule has 2 amide bonds. The van der Waals surface area contributed by atoms with Crippen LogP contribution in [0, 0.1) is 0 Å². The number of carbonyl (C=O) groups excluding carboxylic acids is 2. The minimum atomic E-state index is -1.13. The Kier molecular flexibility index (Phi) is 6.37. The molecule has 0 heterocycles. The van der Waals surface area contributed by atoms with Gasteiger partial charge in [-0.15, -0.1) is 0 Å². The number of likely N-dealkylation sites (N-methyl/N-ethyl adjacent to an activating group) is 1. The van der Waals surface area contributed by atoms with Gasteiger partial charge in [-0.05, 0) is 35.1 Å². The van der Waals surface area contributed by atoms with Gasteiger partial charge < -0.3 is 24.8 Å². The van der Waals surface area contributed by atoms with Crippen LogP contribution in [0.4, 0.5) is 4.79 Å². The van der Waals surface area contributed by atoms with E-state index in [-0.39, 0.29) is 25.5 Å². The first kappa shape index (κ1) is 22.8. The highest BCUT2D eigenvalue weighted by molar-refractivity contribution is 5.91. The van der Waals surface area contributed by atoms with Gasteiger partial charge in [0.25, 0.3) is 5.91 Å². The third-order valence-corrected chi connectivity index (χ3v) is 6.67. The molecule has 1 atom stereocenters. The molecule has 8 heteroatoms. The molecule has 0 aliphatic heterocycles. The highest BCUT2D eigenvalue weighted by atomic mass is 16.5. The van der Waals surface area contributed by atoms with E-state index in [0.717, 1.165) is 22.3 Å². The first-order valence-electron chi connectivity index (χ1n) is 11.0. The number of nitrogens with zero attached hydrogens (tertiary/aromatic N) is 1. The van der Waals surface area contributed by atoms with Gasteiger partial charge in [0.05, 0.1) is 0 Å². The third kappa shape index (κ3) is 4.30. The average Bonchev–Trinajstić information content (AvgIpc) is 3.58. The molecule has 0 saturated heterocycles. The number of alkyl carbamates (subject to hydrolysis) is 1. The summed E-state index contributed by atoms with van der Waals surface area (Å²) in [6.07, 6.45) is -0.352. The summed E-state index contributed by atoms with van der Waals surface area (Å²) in [5.41, 5.74) is 3.44. The molecule has 1 fully saturated rings. The van der Waals surface area contributed by atoms with Crippen molar-refractivity contribution in [3.8, 4) is 11.1 Å². The Labute approximate surface area is 192 Å². The molecule has 2 N–H and O–H groups in total. The van der Waals surface area contributed by atoms with Crippen molar-refractivity contribution in [3.63, 3.8) is 0 Å². The zero-order chi connectivity index (χ0) is 23.6. The van der Waals surface area contributed by atoms with Gasteiger partial charge >= 0.3 is 12.1 Å². The number of hydrogen-bond donors (Lipinski definition) is 2. The predicted octanol–water partition coefficient (Wildman–Crippen LogP) is 3.01. The summed E-state index contributed by atoms with van der Waals surface area (Å²) in [7, 11) is 2.87. The number of rotatable bonds is 9. The van der Waals surface area contributed by atoms with Crippen LogP contribution >= 0.6 is 0 Å². The highest BCUT2D eigenvalue weighted by Gasteiger charge is 2.56. The van der Waals surface area contributed by atoms with Crippen molar-refractivity contribution in [2.75, 3.05) is 27.3 Å². The smallest absolute Gasteiger partial charge is 0.407 e. The zero-order valence-corrected chi connectivity index (χ0v) is 18.7. The van der Waals surface area contributed by atoms with E-state index in [1.54, 1.807) is 0 Å². The van der Waals surface area contributed by atoms with Crippen LogP contribution in [0.15, 0.2) is 48.5 Å². The van der Waals surface area contributed by atoms with Gasteiger partial charge in [0.2, 0.25) is 0 Å². The van der Waals surface area contributed by atoms with Crippen molar-refractivity contribution in [1.29, 1.82) is 0 Å². The van der Waals surface area contributed by atoms with Crippen LogP contribution in [-0.2, 0) is 19.1 Å². The zero-order valence-electron chi connectivity index (χ0n) is 18.7. The number of hydrogen-bond acceptors (Lipinski definition) is 5. The molecule has 174 valence electrons. The largest absolute Gasteiger partial charge is 0.479 e. The number of amides is 2. The van der Waals surface area contributed by atoms with Crippen molar-refractivity contribution in [1.82, 2.24) is 10.2 Å². The molecule has 0 bridgehead atoms. The number of carboxylic acid groups (broad SMARTS) is 1. The van der Waals surface area contributed by atoms with E-state index >= 15 is 0 Å². The number of carbonyl (C=O) groups is 3. The molecule has 0 aromatic heterocycles. The normalized spacial score (nSPS) is 16.3. The van der Waals surface area contributed by atoms with Crippen molar-refractivity contribution in [3.05, 3.63) is 59.7 Å². The number of ether oxygens (including phenoxy) is 2. The summed E-state index contributed by atoms with van der Waals surface area (Å²) >= 11 is 0. The Morgan fingerprint density at radius 3 is 2.18 bits per heavy atom. The lowest BCUT2D eigenvalue weighted by Crippen LogP contribution is -2.49. The van der Waals surface area contributed by atoms with Crippen LogP contribution in [0.2, 0.25) is 0 Å². The van der Waals surface area contributed by atoms with Crippen LogP contribution in [0.1, 0.15) is 36.3 Å². The van der Waals surface area contributed by atoms with Crippen LogP contribution in [0.25, 0.3) is 11.1 Å². The molecule has 4 rings (SSSR count). The van der Waals surface area contributed by atoms with Gasteiger partial charge in [-0.1, -0.05) is 48.5 Å². The molecular weight excluding hydrogens is 424 g/mol. The summed E-state index contributed by atoms with van der Waals surface area (Å²) in [4.78, 5) is 37.7. The van der Waals surface area contributed by atoms with Gasteiger partial charge in [0, 0.05) is 33.0 Å². The lowest BCUT2D eigenvalue weighted by molar-refractivity contribution is -0.155. The molecule has 2 aliphatic rings. The van der Waals surface area contributed by atoms with E-state index in [9.17, 15) is 19.5 Å². The topological polar surface area (TPSA) is 105 Å². The van der Waals surface area contributed by atoms with Gasteiger partial charge in [-0.2, -0.15) is 0 Å². The second-order valence-electron chi connectivity index (χ2n) is 8.50. The van der Waals surface area contributed by atoms with E-state index < -0.39 is 29.6 Å². The van der Waals surface area contributed by atoms with E-state index in [4.69, 9.17) is 9.47 Å². The molecule has 2 aromatic carbocycles. The third-order valence-electron chi connectivity index (χ3n) is 6.67. The van der Waals surface area contributed by atoms with Gasteiger partial charge in [-0.25, -0.2) is 9.59 Å². The van der Waals surface area contributed by atoms with E-state index in [1.165, 1.54) is 19.1 Å². The van der Waals surface area contributed by atoms with Gasteiger partial charge in [0.1, 0.15) is 18.2 Å². The number of carboxylic acids is 1. The molecule has 2 aliphatic carbocycles. The lowest BCUT2D eigenvalue weighted by Gasteiger charge is -2.28. The van der Waals surface area contributed by atoms with Crippen molar-refractivity contribution < 1.29 is 29.0 Å². The lowest BCUT2D eigenvalue weighted by atomic mass is 9.98. The van der Waals surface area contributed by atoms with Crippen molar-refractivity contribution in [2.24, 2.45) is 0 Å². The first-order chi connectivity index (χ1) is 15.9. The number of nitrogens with one attached hydrogen (secondary N) is 1. The summed E-state index contributed by atoms with van der Waals surface area (Å²) in [5, 5.41) is 12.1. The number of aliphatic carboxylic acids is 1. The Balaban J connectivity index is 1.29. The SMILES string of the molecule is COC(CCNC(=O)OCC1c2ccccc2-c2ccccc21)C(=O)N(C)C1(C(=O)O)CC1. The maximum absolute atomic E-state index is 12.7. The van der Waals surface area contributed by atoms with Crippen LogP contribution in [0.5, 0.6) is 0 Å². The number of benzene rings is 2. The number of methoxy groups -OCH3 is 1. The standard InChI is InChI=1S/C25H28N2O6/c1-27(25(12-13-25)23(29)30)22(28)21(32-2)11-14-26-24(31)33-15-20-18-9-5-3-7-16(18)17-8-4-6-10-19(17)20/h3-10,20-21H,11-15H2,1-2H3,(H,26,31)(H,29,30). The highest BCUT2D eigenvalue weighted by Crippen LogP contribution is 2.44. The summed E-state index contributed by atoms with van der Waals surface area (Å²) in [6.45, 7) is 0.366. The van der Waals surface area contributed by atoms with Gasteiger partial charge in [-0.3, -0.25) is 4.79 Å². The second kappa shape index (κ2) is 9.23. The monoisotopic (exact) mass is 452 g/mol. The quantitative estimate of drug-likeness (QED) is 0.606. The molecule has 8 nitrogen and oxygen atoms in total. The molecular formula is C25H28N2O6. The second-order valence-corrected chi connectivity index (χ2v) is 8.50. The Morgan fingerprint density at radius 1 is 1.09 bits per heavy atom. The Bertz CT molecular complexity index is 1020. The van der Waals surface area contributed by atoms with Crippen LogP contribution in [-0.4, -0.2) is 66.9 Å². The first-order valence-corrected chi connectivity index (χ1v) is 11.0. The van der Waals surface area contributed by atoms with Gasteiger partial charge in [0.15, 0.2) is 0 Å². The van der Waals surface area contributed by atoms with Crippen molar-refractivity contribution >= 4 is 18.0 Å². The molecule has 0 radical (unpaired) electrons. The molecule has 1 unspecified atom stereocenters. The fourth-order valence-corrected chi connectivity index (χ4v) is 4.53.